The Morgan fingerprint density at radius 3 is 2.80 bits per heavy atom. The van der Waals surface area contributed by atoms with Gasteiger partial charge in [-0.15, -0.1) is 11.3 Å². The zero-order valence-electron chi connectivity index (χ0n) is 12.9. The fraction of sp³-hybridized carbons (Fsp3) is 0.0556. The molecular formula is C18H12FN3O2S. The number of amides is 1. The van der Waals surface area contributed by atoms with Gasteiger partial charge in [-0.05, 0) is 24.3 Å². The lowest BCUT2D eigenvalue weighted by atomic mass is 10.1. The lowest BCUT2D eigenvalue weighted by Gasteiger charge is -1.98. The fourth-order valence-electron chi connectivity index (χ4n) is 2.40. The summed E-state index contributed by atoms with van der Waals surface area (Å²) in [4.78, 5) is 16.5. The molecule has 2 heterocycles. The summed E-state index contributed by atoms with van der Waals surface area (Å²) in [6.45, 7) is 0.173. The molecule has 1 N–H and O–H groups in total. The number of aromatic nitrogens is 2. The van der Waals surface area contributed by atoms with Crippen molar-refractivity contribution in [2.45, 2.75) is 6.54 Å². The number of carbonyl (C=O) groups is 1. The van der Waals surface area contributed by atoms with E-state index in [4.69, 9.17) is 4.52 Å². The number of rotatable bonds is 4. The zero-order valence-corrected chi connectivity index (χ0v) is 13.7. The van der Waals surface area contributed by atoms with E-state index in [1.165, 1.54) is 17.4 Å². The van der Waals surface area contributed by atoms with Gasteiger partial charge in [-0.2, -0.15) is 0 Å². The molecule has 0 radical (unpaired) electrons. The van der Waals surface area contributed by atoms with Crippen molar-refractivity contribution in [3.05, 3.63) is 71.1 Å². The van der Waals surface area contributed by atoms with Crippen LogP contribution in [0.2, 0.25) is 0 Å². The van der Waals surface area contributed by atoms with Crippen molar-refractivity contribution in [1.29, 1.82) is 0 Å². The molecule has 0 aliphatic carbocycles. The van der Waals surface area contributed by atoms with Crippen molar-refractivity contribution in [2.75, 3.05) is 0 Å². The number of thiazole rings is 1. The van der Waals surface area contributed by atoms with Crippen molar-refractivity contribution >= 4 is 27.5 Å². The first kappa shape index (κ1) is 15.5. The van der Waals surface area contributed by atoms with E-state index in [-0.39, 0.29) is 18.3 Å². The summed E-state index contributed by atoms with van der Waals surface area (Å²) in [5.41, 5.74) is 1.63. The number of hydrogen-bond donors (Lipinski definition) is 1. The summed E-state index contributed by atoms with van der Waals surface area (Å²) in [6, 6.07) is 15.5. The second-order valence-electron chi connectivity index (χ2n) is 5.33. The highest BCUT2D eigenvalue weighted by Gasteiger charge is 2.14. The second-order valence-corrected chi connectivity index (χ2v) is 6.36. The highest BCUT2D eigenvalue weighted by atomic mass is 32.1. The average molecular weight is 353 g/mol. The molecule has 7 heteroatoms. The van der Waals surface area contributed by atoms with E-state index >= 15 is 0 Å². The van der Waals surface area contributed by atoms with Gasteiger partial charge < -0.3 is 9.84 Å². The normalized spacial score (nSPS) is 10.9. The molecule has 0 saturated carbocycles. The molecule has 0 fully saturated rings. The van der Waals surface area contributed by atoms with Crippen LogP contribution in [0.5, 0.6) is 0 Å². The quantitative estimate of drug-likeness (QED) is 0.602. The number of nitrogens with zero attached hydrogens (tertiary/aromatic N) is 2. The van der Waals surface area contributed by atoms with Gasteiger partial charge in [-0.3, -0.25) is 4.79 Å². The molecule has 0 aliphatic heterocycles. The maximum atomic E-state index is 13.8. The Labute approximate surface area is 146 Å². The third-order valence-corrected chi connectivity index (χ3v) is 4.65. The molecule has 5 nitrogen and oxygen atoms in total. The van der Waals surface area contributed by atoms with E-state index in [9.17, 15) is 9.18 Å². The summed E-state index contributed by atoms with van der Waals surface area (Å²) < 4.78 is 19.9. The van der Waals surface area contributed by atoms with Crippen LogP contribution in [0.1, 0.15) is 15.5 Å². The Morgan fingerprint density at radius 2 is 1.96 bits per heavy atom. The van der Waals surface area contributed by atoms with Crippen LogP contribution in [-0.2, 0) is 6.54 Å². The molecule has 0 spiro atoms. The first-order valence-corrected chi connectivity index (χ1v) is 8.36. The first-order chi connectivity index (χ1) is 12.2. The number of benzene rings is 2. The van der Waals surface area contributed by atoms with Crippen molar-refractivity contribution in [3.63, 3.8) is 0 Å². The van der Waals surface area contributed by atoms with Crippen LogP contribution in [0.25, 0.3) is 21.5 Å². The highest BCUT2D eigenvalue weighted by Crippen LogP contribution is 2.24. The molecule has 25 heavy (non-hydrogen) atoms. The van der Waals surface area contributed by atoms with Gasteiger partial charge in [-0.1, -0.05) is 29.4 Å². The predicted molar refractivity (Wildman–Crippen MR) is 92.7 cm³/mol. The minimum Gasteiger partial charge on any atom is -0.356 e. The molecule has 124 valence electrons. The van der Waals surface area contributed by atoms with Gasteiger partial charge in [-0.25, -0.2) is 9.37 Å². The molecule has 2 aromatic carbocycles. The van der Waals surface area contributed by atoms with Crippen molar-refractivity contribution < 1.29 is 13.7 Å². The summed E-state index contributed by atoms with van der Waals surface area (Å²) in [6.07, 6.45) is 0. The zero-order chi connectivity index (χ0) is 17.2. The number of nitrogens with one attached hydrogen (secondary N) is 1. The number of fused-ring (bicyclic) bond motifs is 1. The molecule has 0 atom stereocenters. The Hall–Kier alpha value is -3.06. The molecule has 1 amide bonds. The van der Waals surface area contributed by atoms with Gasteiger partial charge in [0.05, 0.1) is 22.3 Å². The van der Waals surface area contributed by atoms with Crippen LogP contribution >= 0.6 is 11.3 Å². The van der Waals surface area contributed by atoms with Gasteiger partial charge >= 0.3 is 0 Å². The van der Waals surface area contributed by atoms with Crippen LogP contribution in [0.4, 0.5) is 4.39 Å². The van der Waals surface area contributed by atoms with E-state index in [1.54, 1.807) is 24.3 Å². The maximum absolute atomic E-state index is 13.8. The molecule has 0 saturated heterocycles. The summed E-state index contributed by atoms with van der Waals surface area (Å²) >= 11 is 1.33. The van der Waals surface area contributed by atoms with Gasteiger partial charge in [0, 0.05) is 6.07 Å². The molecular weight excluding hydrogens is 341 g/mol. The summed E-state index contributed by atoms with van der Waals surface area (Å²) in [7, 11) is 0. The SMILES string of the molecule is O=C(NCc1cc(-c2ccccc2F)on1)c1nc2ccccc2s1. The van der Waals surface area contributed by atoms with E-state index < -0.39 is 0 Å². The average Bonchev–Trinajstić information content (AvgIpc) is 3.27. The smallest absolute Gasteiger partial charge is 0.280 e. The van der Waals surface area contributed by atoms with Gasteiger partial charge in [0.1, 0.15) is 11.5 Å². The largest absolute Gasteiger partial charge is 0.356 e. The van der Waals surface area contributed by atoms with Gasteiger partial charge in [0.2, 0.25) is 0 Å². The van der Waals surface area contributed by atoms with Crippen LogP contribution in [-0.4, -0.2) is 16.0 Å². The van der Waals surface area contributed by atoms with Crippen molar-refractivity contribution in [2.24, 2.45) is 0 Å². The number of halogens is 1. The van der Waals surface area contributed by atoms with E-state index in [0.29, 0.717) is 22.0 Å². The fourth-order valence-corrected chi connectivity index (χ4v) is 3.28. The minimum absolute atomic E-state index is 0.173. The summed E-state index contributed by atoms with van der Waals surface area (Å²) in [5, 5.41) is 7.01. The molecule has 0 unspecified atom stereocenters. The lowest BCUT2D eigenvalue weighted by molar-refractivity contribution is 0.0950. The maximum Gasteiger partial charge on any atom is 0.280 e. The van der Waals surface area contributed by atoms with E-state index in [1.807, 2.05) is 24.3 Å². The van der Waals surface area contributed by atoms with Crippen LogP contribution in [0.3, 0.4) is 0 Å². The molecule has 4 rings (SSSR count). The van der Waals surface area contributed by atoms with E-state index in [0.717, 1.165) is 10.2 Å². The first-order valence-electron chi connectivity index (χ1n) is 7.55. The number of carbonyl (C=O) groups excluding carboxylic acids is 1. The molecule has 2 aromatic heterocycles. The molecule has 4 aromatic rings. The van der Waals surface area contributed by atoms with Crippen LogP contribution in [0.15, 0.2) is 59.1 Å². The third-order valence-electron chi connectivity index (χ3n) is 3.62. The van der Waals surface area contributed by atoms with Crippen LogP contribution in [0, 0.1) is 5.82 Å². The van der Waals surface area contributed by atoms with Crippen LogP contribution < -0.4 is 5.32 Å². The highest BCUT2D eigenvalue weighted by molar-refractivity contribution is 7.20. The van der Waals surface area contributed by atoms with Crippen molar-refractivity contribution in [3.8, 4) is 11.3 Å². The van der Waals surface area contributed by atoms with E-state index in [2.05, 4.69) is 15.5 Å². The Kier molecular flexibility index (Phi) is 3.99. The lowest BCUT2D eigenvalue weighted by Crippen LogP contribution is -2.22. The molecule has 0 aliphatic rings. The second kappa shape index (κ2) is 6.45. The topological polar surface area (TPSA) is 68.0 Å². The monoisotopic (exact) mass is 353 g/mol. The molecule has 0 bridgehead atoms. The van der Waals surface area contributed by atoms with Gasteiger partial charge in [0.25, 0.3) is 5.91 Å². The Bertz CT molecular complexity index is 1020. The number of hydrogen-bond acceptors (Lipinski definition) is 5. The predicted octanol–water partition coefficient (Wildman–Crippen LogP) is 4.02. The third kappa shape index (κ3) is 3.14. The van der Waals surface area contributed by atoms with Crippen molar-refractivity contribution in [1.82, 2.24) is 15.5 Å². The Balaban J connectivity index is 1.46. The minimum atomic E-state index is -0.385. The van der Waals surface area contributed by atoms with Gasteiger partial charge in [0.15, 0.2) is 10.8 Å². The summed E-state index contributed by atoms with van der Waals surface area (Å²) in [5.74, 6) is -0.345. The standard InChI is InChI=1S/C18H12FN3O2S/c19-13-6-2-1-5-12(13)15-9-11(22-24-15)10-20-17(23)18-21-14-7-3-4-8-16(14)25-18/h1-9H,10H2,(H,20,23). The Morgan fingerprint density at radius 1 is 1.16 bits per heavy atom. The number of para-hydroxylation sites is 1.